The lowest BCUT2D eigenvalue weighted by molar-refractivity contribution is 0.728. The summed E-state index contributed by atoms with van der Waals surface area (Å²) in [5, 5.41) is 0. The van der Waals surface area contributed by atoms with Crippen LogP contribution in [0.1, 0.15) is 51.0 Å². The first-order chi connectivity index (χ1) is 5.61. The van der Waals surface area contributed by atoms with Crippen LogP contribution in [0.3, 0.4) is 0 Å². The van der Waals surface area contributed by atoms with Gasteiger partial charge in [-0.2, -0.15) is 0 Å². The fourth-order valence-corrected chi connectivity index (χ4v) is 0.908. The fraction of sp³-hybridized carbons (Fsp3) is 0.600. The van der Waals surface area contributed by atoms with Gasteiger partial charge in [0.15, 0.2) is 0 Å². The third kappa shape index (κ3) is 2.03. The van der Waals surface area contributed by atoms with E-state index in [0.29, 0.717) is 11.8 Å². The van der Waals surface area contributed by atoms with Crippen molar-refractivity contribution in [2.24, 2.45) is 0 Å². The zero-order valence-electron chi connectivity index (χ0n) is 8.13. The average Bonchev–Trinajstić information content (AvgIpc) is 2.04. The molecule has 12 heavy (non-hydrogen) atoms. The Morgan fingerprint density at radius 3 is 2.33 bits per heavy atom. The normalized spacial score (nSPS) is 11.2. The molecule has 65 valence electrons. The average molecular weight is 163 g/mol. The van der Waals surface area contributed by atoms with Gasteiger partial charge in [-0.25, -0.2) is 9.97 Å². The largest absolute Gasteiger partial charge is 0.237 e. The minimum atomic E-state index is 0.389. The second-order valence-corrected chi connectivity index (χ2v) is 3.59. The highest BCUT2D eigenvalue weighted by Crippen LogP contribution is 2.13. The fourth-order valence-electron chi connectivity index (χ4n) is 0.908. The van der Waals surface area contributed by atoms with Gasteiger partial charge in [0.1, 0.15) is 5.82 Å². The topological polar surface area (TPSA) is 25.8 Å². The first kappa shape index (κ1) is 9.17. The second kappa shape index (κ2) is 3.65. The molecule has 2 heteroatoms. The molecule has 0 unspecified atom stereocenters. The van der Waals surface area contributed by atoms with Gasteiger partial charge in [0, 0.05) is 11.6 Å². The van der Waals surface area contributed by atoms with Crippen molar-refractivity contribution in [2.45, 2.75) is 39.5 Å². The summed E-state index contributed by atoms with van der Waals surface area (Å²) >= 11 is 0. The summed E-state index contributed by atoms with van der Waals surface area (Å²) in [5.74, 6) is 1.74. The molecule has 0 N–H and O–H groups in total. The lowest BCUT2D eigenvalue weighted by Crippen LogP contribution is -2.01. The Labute approximate surface area is 74.1 Å². The van der Waals surface area contributed by atoms with Crippen molar-refractivity contribution < 1.29 is 0 Å². The quantitative estimate of drug-likeness (QED) is 0.669. The smallest absolute Gasteiger partial charge is 0.131 e. The van der Waals surface area contributed by atoms with Gasteiger partial charge in [0.05, 0.1) is 6.20 Å². The monoisotopic (exact) mass is 163 g/mol. The molecular formula is C10H15N2. The number of hydrogen-bond acceptors (Lipinski definition) is 2. The van der Waals surface area contributed by atoms with Crippen LogP contribution >= 0.6 is 0 Å². The predicted octanol–water partition coefficient (Wildman–Crippen LogP) is 2.52. The van der Waals surface area contributed by atoms with Crippen molar-refractivity contribution in [2.75, 3.05) is 0 Å². The Kier molecular flexibility index (Phi) is 2.79. The number of hydrogen-bond donors (Lipinski definition) is 0. The first-order valence-corrected chi connectivity index (χ1v) is 4.36. The molecule has 1 heterocycles. The molecule has 0 bridgehead atoms. The van der Waals surface area contributed by atoms with Gasteiger partial charge in [-0.1, -0.05) is 27.7 Å². The molecular weight excluding hydrogens is 148 g/mol. The van der Waals surface area contributed by atoms with E-state index in [1.807, 2.05) is 6.07 Å². The van der Waals surface area contributed by atoms with E-state index in [1.54, 1.807) is 0 Å². The zero-order valence-corrected chi connectivity index (χ0v) is 8.13. The van der Waals surface area contributed by atoms with Gasteiger partial charge in [-0.15, -0.1) is 0 Å². The van der Waals surface area contributed by atoms with Crippen molar-refractivity contribution in [3.8, 4) is 0 Å². The Bertz CT molecular complexity index is 231. The molecule has 0 spiro atoms. The number of nitrogens with zero attached hydrogens (tertiary/aromatic N) is 2. The highest BCUT2D eigenvalue weighted by Gasteiger charge is 2.05. The lowest BCUT2D eigenvalue weighted by atomic mass is 10.1. The van der Waals surface area contributed by atoms with Crippen molar-refractivity contribution in [1.82, 2.24) is 9.97 Å². The maximum atomic E-state index is 4.43. The highest BCUT2D eigenvalue weighted by atomic mass is 14.9. The maximum absolute atomic E-state index is 4.43. The first-order valence-electron chi connectivity index (χ1n) is 4.36. The van der Waals surface area contributed by atoms with Crippen LogP contribution in [0.5, 0.6) is 0 Å². The van der Waals surface area contributed by atoms with Gasteiger partial charge in [-0.3, -0.25) is 0 Å². The zero-order chi connectivity index (χ0) is 9.14. The van der Waals surface area contributed by atoms with Crippen LogP contribution in [0.4, 0.5) is 0 Å². The van der Waals surface area contributed by atoms with Gasteiger partial charge in [0.2, 0.25) is 0 Å². The Morgan fingerprint density at radius 1 is 1.17 bits per heavy atom. The van der Waals surface area contributed by atoms with E-state index in [2.05, 4.69) is 43.9 Å². The molecule has 1 aromatic heterocycles. The van der Waals surface area contributed by atoms with Crippen molar-refractivity contribution in [3.05, 3.63) is 23.8 Å². The third-order valence-electron chi connectivity index (χ3n) is 1.74. The molecule has 0 aliphatic carbocycles. The predicted molar refractivity (Wildman–Crippen MR) is 49.0 cm³/mol. The molecule has 0 saturated carbocycles. The van der Waals surface area contributed by atoms with E-state index in [4.69, 9.17) is 0 Å². The molecule has 0 aromatic carbocycles. The SMILES string of the molecule is CC(C)c1c[c]nc(C(C)C)n1. The Hall–Kier alpha value is -0.920. The second-order valence-electron chi connectivity index (χ2n) is 3.59. The number of aromatic nitrogens is 2. The summed E-state index contributed by atoms with van der Waals surface area (Å²) in [6.07, 6.45) is 2.88. The summed E-state index contributed by atoms with van der Waals surface area (Å²) in [7, 11) is 0. The van der Waals surface area contributed by atoms with Gasteiger partial charge >= 0.3 is 0 Å². The summed E-state index contributed by atoms with van der Waals surface area (Å²) in [4.78, 5) is 8.51. The lowest BCUT2D eigenvalue weighted by Gasteiger charge is -2.07. The highest BCUT2D eigenvalue weighted by molar-refractivity contribution is 5.07. The molecule has 1 rings (SSSR count). The summed E-state index contributed by atoms with van der Waals surface area (Å²) in [5.41, 5.74) is 1.08. The van der Waals surface area contributed by atoms with Crippen molar-refractivity contribution >= 4 is 0 Å². The third-order valence-corrected chi connectivity index (χ3v) is 1.74. The van der Waals surface area contributed by atoms with E-state index in [0.717, 1.165) is 11.5 Å². The van der Waals surface area contributed by atoms with Crippen LogP contribution in [-0.2, 0) is 0 Å². The van der Waals surface area contributed by atoms with Crippen molar-refractivity contribution in [3.63, 3.8) is 0 Å². The standard InChI is InChI=1S/C10H15N2/c1-7(2)9-5-6-11-10(12-9)8(3)4/h5,7-8H,1-4H3. The molecule has 0 aliphatic rings. The molecule has 0 aliphatic heterocycles. The van der Waals surface area contributed by atoms with Crippen LogP contribution in [-0.4, -0.2) is 9.97 Å². The minimum absolute atomic E-state index is 0.389. The molecule has 0 saturated heterocycles. The van der Waals surface area contributed by atoms with Crippen LogP contribution in [0, 0.1) is 6.20 Å². The van der Waals surface area contributed by atoms with Gasteiger partial charge < -0.3 is 0 Å². The molecule has 1 aromatic rings. The molecule has 0 amide bonds. The maximum Gasteiger partial charge on any atom is 0.131 e. The summed E-state index contributed by atoms with van der Waals surface area (Å²) in [6, 6.07) is 1.86. The van der Waals surface area contributed by atoms with Crippen LogP contribution < -0.4 is 0 Å². The van der Waals surface area contributed by atoms with E-state index >= 15 is 0 Å². The molecule has 2 nitrogen and oxygen atoms in total. The van der Waals surface area contributed by atoms with Crippen molar-refractivity contribution in [1.29, 1.82) is 0 Å². The van der Waals surface area contributed by atoms with E-state index in [1.165, 1.54) is 0 Å². The van der Waals surface area contributed by atoms with Crippen LogP contribution in [0.25, 0.3) is 0 Å². The minimum Gasteiger partial charge on any atom is -0.237 e. The molecule has 0 atom stereocenters. The molecule has 0 fully saturated rings. The summed E-state index contributed by atoms with van der Waals surface area (Å²) in [6.45, 7) is 8.43. The number of rotatable bonds is 2. The van der Waals surface area contributed by atoms with Gasteiger partial charge in [-0.05, 0) is 12.0 Å². The summed E-state index contributed by atoms with van der Waals surface area (Å²) < 4.78 is 0. The van der Waals surface area contributed by atoms with Crippen LogP contribution in [0.2, 0.25) is 0 Å². The Morgan fingerprint density at radius 2 is 1.83 bits per heavy atom. The van der Waals surface area contributed by atoms with Crippen LogP contribution in [0.15, 0.2) is 6.07 Å². The van der Waals surface area contributed by atoms with E-state index in [-0.39, 0.29) is 0 Å². The molecule has 1 radical (unpaired) electrons. The van der Waals surface area contributed by atoms with E-state index in [9.17, 15) is 0 Å². The van der Waals surface area contributed by atoms with Gasteiger partial charge in [0.25, 0.3) is 0 Å². The van der Waals surface area contributed by atoms with E-state index < -0.39 is 0 Å². The Balaban J connectivity index is 2.96.